The second kappa shape index (κ2) is 6.96. The van der Waals surface area contributed by atoms with Gasteiger partial charge in [-0.25, -0.2) is 0 Å². The van der Waals surface area contributed by atoms with Gasteiger partial charge in [0.15, 0.2) is 0 Å². The predicted octanol–water partition coefficient (Wildman–Crippen LogP) is 2.90. The summed E-state index contributed by atoms with van der Waals surface area (Å²) in [5.41, 5.74) is 0. The van der Waals surface area contributed by atoms with E-state index in [1.165, 1.54) is 0 Å². The van der Waals surface area contributed by atoms with E-state index in [1.807, 2.05) is 6.08 Å². The standard InChI is InChI=1S/C7H11Br/c1-2-3-4-5-6-7-8/h2,5-6H,1,3-4,7H2/b6-5-. The van der Waals surface area contributed by atoms with Crippen LogP contribution in [0.15, 0.2) is 24.8 Å². The zero-order valence-corrected chi connectivity index (χ0v) is 6.52. The van der Waals surface area contributed by atoms with E-state index in [1.54, 1.807) is 0 Å². The molecule has 0 fully saturated rings. The fraction of sp³-hybridized carbons (Fsp3) is 0.429. The van der Waals surface area contributed by atoms with Crippen LogP contribution >= 0.6 is 15.9 Å². The van der Waals surface area contributed by atoms with Gasteiger partial charge in [-0.2, -0.15) is 0 Å². The number of unbranched alkanes of at least 4 members (excludes halogenated alkanes) is 1. The molecule has 0 saturated carbocycles. The van der Waals surface area contributed by atoms with Crippen LogP contribution in [0.3, 0.4) is 0 Å². The minimum Gasteiger partial charge on any atom is -0.103 e. The fourth-order valence-electron chi connectivity index (χ4n) is 0.395. The van der Waals surface area contributed by atoms with Crippen molar-refractivity contribution in [1.29, 1.82) is 0 Å². The van der Waals surface area contributed by atoms with Crippen LogP contribution in [0.2, 0.25) is 0 Å². The van der Waals surface area contributed by atoms with Crippen molar-refractivity contribution < 1.29 is 0 Å². The summed E-state index contributed by atoms with van der Waals surface area (Å²) in [5.74, 6) is 0. The molecule has 0 aromatic carbocycles. The molecule has 0 atom stereocenters. The van der Waals surface area contributed by atoms with Gasteiger partial charge >= 0.3 is 0 Å². The molecule has 0 spiro atoms. The summed E-state index contributed by atoms with van der Waals surface area (Å²) in [6.45, 7) is 3.61. The third kappa shape index (κ3) is 5.96. The van der Waals surface area contributed by atoms with E-state index in [-0.39, 0.29) is 0 Å². The Bertz CT molecular complexity index is 74.5. The number of hydrogen-bond donors (Lipinski definition) is 0. The topological polar surface area (TPSA) is 0 Å². The Morgan fingerprint density at radius 3 is 2.50 bits per heavy atom. The van der Waals surface area contributed by atoms with Gasteiger partial charge < -0.3 is 0 Å². The smallest absolute Gasteiger partial charge is 0.0212 e. The highest BCUT2D eigenvalue weighted by Crippen LogP contribution is 1.91. The first kappa shape index (κ1) is 7.96. The number of alkyl halides is 1. The number of hydrogen-bond acceptors (Lipinski definition) is 0. The first-order chi connectivity index (χ1) is 3.91. The largest absolute Gasteiger partial charge is 0.103 e. The van der Waals surface area contributed by atoms with E-state index < -0.39 is 0 Å². The fourth-order valence-corrected chi connectivity index (χ4v) is 0.659. The van der Waals surface area contributed by atoms with Gasteiger partial charge in [0.25, 0.3) is 0 Å². The summed E-state index contributed by atoms with van der Waals surface area (Å²) in [7, 11) is 0. The number of rotatable bonds is 4. The van der Waals surface area contributed by atoms with E-state index >= 15 is 0 Å². The SMILES string of the molecule is C=CCC/C=C\CBr. The van der Waals surface area contributed by atoms with Crippen molar-refractivity contribution in [3.05, 3.63) is 24.8 Å². The van der Waals surface area contributed by atoms with Gasteiger partial charge in [0.2, 0.25) is 0 Å². The van der Waals surface area contributed by atoms with Crippen LogP contribution in [0.5, 0.6) is 0 Å². The van der Waals surface area contributed by atoms with Crippen molar-refractivity contribution >= 4 is 15.9 Å². The molecular formula is C7H11Br. The molecule has 0 radical (unpaired) electrons. The molecule has 0 aliphatic rings. The number of halogens is 1. The molecule has 0 rings (SSSR count). The molecule has 0 N–H and O–H groups in total. The first-order valence-electron chi connectivity index (χ1n) is 2.73. The zero-order chi connectivity index (χ0) is 6.24. The molecule has 0 unspecified atom stereocenters. The van der Waals surface area contributed by atoms with Crippen LogP contribution in [-0.4, -0.2) is 5.33 Å². The lowest BCUT2D eigenvalue weighted by molar-refractivity contribution is 1.05. The third-order valence-corrected chi connectivity index (χ3v) is 1.17. The van der Waals surface area contributed by atoms with Gasteiger partial charge in [-0.1, -0.05) is 34.2 Å². The van der Waals surface area contributed by atoms with E-state index in [0.717, 1.165) is 18.2 Å². The summed E-state index contributed by atoms with van der Waals surface area (Å²) < 4.78 is 0. The lowest BCUT2D eigenvalue weighted by atomic mass is 10.3. The molecule has 46 valence electrons. The Morgan fingerprint density at radius 2 is 2.00 bits per heavy atom. The molecule has 8 heavy (non-hydrogen) atoms. The second-order valence-electron chi connectivity index (χ2n) is 1.49. The molecule has 0 aromatic heterocycles. The van der Waals surface area contributed by atoms with E-state index in [4.69, 9.17) is 0 Å². The third-order valence-electron chi connectivity index (χ3n) is 0.793. The average molecular weight is 175 g/mol. The maximum absolute atomic E-state index is 3.61. The van der Waals surface area contributed by atoms with E-state index in [0.29, 0.717) is 0 Å². The van der Waals surface area contributed by atoms with Crippen molar-refractivity contribution in [2.24, 2.45) is 0 Å². The minimum atomic E-state index is 0.962. The van der Waals surface area contributed by atoms with Crippen LogP contribution in [0.4, 0.5) is 0 Å². The lowest BCUT2D eigenvalue weighted by Gasteiger charge is -1.81. The first-order valence-corrected chi connectivity index (χ1v) is 3.86. The maximum Gasteiger partial charge on any atom is 0.0212 e. The summed E-state index contributed by atoms with van der Waals surface area (Å²) in [6, 6.07) is 0. The number of allylic oxidation sites excluding steroid dienone is 3. The quantitative estimate of drug-likeness (QED) is 0.350. The van der Waals surface area contributed by atoms with Gasteiger partial charge in [0.1, 0.15) is 0 Å². The summed E-state index contributed by atoms with van der Waals surface area (Å²) in [5, 5.41) is 0.962. The lowest BCUT2D eigenvalue weighted by Crippen LogP contribution is -1.63. The molecule has 0 aliphatic heterocycles. The molecule has 0 saturated heterocycles. The Balaban J connectivity index is 2.90. The van der Waals surface area contributed by atoms with E-state index in [9.17, 15) is 0 Å². The second-order valence-corrected chi connectivity index (χ2v) is 2.14. The summed E-state index contributed by atoms with van der Waals surface area (Å²) in [4.78, 5) is 0. The summed E-state index contributed by atoms with van der Waals surface area (Å²) in [6.07, 6.45) is 8.39. The summed E-state index contributed by atoms with van der Waals surface area (Å²) >= 11 is 3.29. The van der Waals surface area contributed by atoms with Crippen LogP contribution in [0.1, 0.15) is 12.8 Å². The maximum atomic E-state index is 3.61. The van der Waals surface area contributed by atoms with Crippen molar-refractivity contribution in [1.82, 2.24) is 0 Å². The molecule has 0 aliphatic carbocycles. The Labute approximate surface area is 59.4 Å². The zero-order valence-electron chi connectivity index (χ0n) is 4.94. The van der Waals surface area contributed by atoms with Gasteiger partial charge in [0, 0.05) is 5.33 Å². The monoisotopic (exact) mass is 174 g/mol. The van der Waals surface area contributed by atoms with Gasteiger partial charge in [-0.15, -0.1) is 6.58 Å². The minimum absolute atomic E-state index is 0.962. The predicted molar refractivity (Wildman–Crippen MR) is 42.4 cm³/mol. The Morgan fingerprint density at radius 1 is 1.25 bits per heavy atom. The molecule has 1 heteroatoms. The van der Waals surface area contributed by atoms with E-state index in [2.05, 4.69) is 34.7 Å². The molecule has 0 nitrogen and oxygen atoms in total. The van der Waals surface area contributed by atoms with Crippen LogP contribution in [-0.2, 0) is 0 Å². The van der Waals surface area contributed by atoms with Crippen LogP contribution < -0.4 is 0 Å². The van der Waals surface area contributed by atoms with Crippen LogP contribution in [0.25, 0.3) is 0 Å². The van der Waals surface area contributed by atoms with Crippen molar-refractivity contribution in [3.8, 4) is 0 Å². The van der Waals surface area contributed by atoms with Crippen LogP contribution in [0, 0.1) is 0 Å². The van der Waals surface area contributed by atoms with Gasteiger partial charge in [-0.05, 0) is 12.8 Å². The highest BCUT2D eigenvalue weighted by Gasteiger charge is 1.71. The van der Waals surface area contributed by atoms with Crippen molar-refractivity contribution in [2.45, 2.75) is 12.8 Å². The van der Waals surface area contributed by atoms with Crippen molar-refractivity contribution in [3.63, 3.8) is 0 Å². The van der Waals surface area contributed by atoms with Gasteiger partial charge in [0.05, 0.1) is 0 Å². The highest BCUT2D eigenvalue weighted by atomic mass is 79.9. The highest BCUT2D eigenvalue weighted by molar-refractivity contribution is 9.09. The molecule has 0 bridgehead atoms. The normalized spacial score (nSPS) is 10.1. The molecule has 0 amide bonds. The molecule has 0 heterocycles. The molecular weight excluding hydrogens is 164 g/mol. The Kier molecular flexibility index (Phi) is 6.93. The molecule has 0 aromatic rings. The van der Waals surface area contributed by atoms with Crippen molar-refractivity contribution in [2.75, 3.05) is 5.33 Å². The van der Waals surface area contributed by atoms with Gasteiger partial charge in [-0.3, -0.25) is 0 Å². The average Bonchev–Trinajstić information content (AvgIpc) is 1.81. The Hall–Kier alpha value is -0.0400.